The minimum atomic E-state index is -3.91. The van der Waals surface area contributed by atoms with Crippen LogP contribution in [0.15, 0.2) is 59.5 Å². The topological polar surface area (TPSA) is 142 Å². The van der Waals surface area contributed by atoms with Gasteiger partial charge in [-0.15, -0.1) is 0 Å². The van der Waals surface area contributed by atoms with E-state index in [0.717, 1.165) is 22.0 Å². The van der Waals surface area contributed by atoms with Gasteiger partial charge in [0.05, 0.1) is 10.4 Å². The van der Waals surface area contributed by atoms with Gasteiger partial charge in [0.15, 0.2) is 0 Å². The quantitative estimate of drug-likeness (QED) is 0.464. The third-order valence-electron chi connectivity index (χ3n) is 5.32. The number of hydrogen-bond acceptors (Lipinski definition) is 7. The van der Waals surface area contributed by atoms with Crippen molar-refractivity contribution < 1.29 is 23.1 Å². The van der Waals surface area contributed by atoms with E-state index in [1.165, 1.54) is 0 Å². The van der Waals surface area contributed by atoms with E-state index in [1.54, 1.807) is 45.0 Å². The molecule has 9 nitrogen and oxygen atoms in total. The Labute approximate surface area is 207 Å². The van der Waals surface area contributed by atoms with E-state index in [4.69, 9.17) is 10.8 Å². The number of hydrogen-bond donors (Lipinski definition) is 4. The maximum atomic E-state index is 13.0. The number of aliphatic carboxylic acids is 1. The van der Waals surface area contributed by atoms with Gasteiger partial charge in [-0.25, -0.2) is 12.7 Å². The number of aryl methyl sites for hydroxylation is 1. The molecule has 0 saturated carbocycles. The summed E-state index contributed by atoms with van der Waals surface area (Å²) in [4.78, 5) is 23.4. The van der Waals surface area contributed by atoms with Gasteiger partial charge in [0, 0.05) is 19.6 Å². The van der Waals surface area contributed by atoms with E-state index in [0.29, 0.717) is 19.5 Å². The maximum absolute atomic E-state index is 13.0. The molecule has 1 fully saturated rings. The first-order chi connectivity index (χ1) is 16.3. The standard InChI is InChI=1S/C16H25N3O3S.C9H11NO2/c1-12-5-7-13(8-6-12)23(21,22)19(16(2,3)4)15(20)14-11-17-9-10-18-14;10-8(9(11)12)6-7-4-2-1-3-5-7/h5-8,14,17-18H,9-11H2,1-4H3;1-5,8H,6,10H2,(H,11,12)/t;8-/m.0/s1. The molecule has 5 N–H and O–H groups in total. The van der Waals surface area contributed by atoms with E-state index < -0.39 is 39.5 Å². The first-order valence-corrected chi connectivity index (χ1v) is 12.9. The molecule has 0 radical (unpaired) electrons. The molecule has 1 aliphatic heterocycles. The second-order valence-electron chi connectivity index (χ2n) is 9.44. The van der Waals surface area contributed by atoms with Crippen molar-refractivity contribution >= 4 is 21.9 Å². The van der Waals surface area contributed by atoms with Gasteiger partial charge in [-0.3, -0.25) is 9.59 Å². The Morgan fingerprint density at radius 2 is 1.69 bits per heavy atom. The highest BCUT2D eigenvalue weighted by atomic mass is 32.2. The number of carboxylic acids is 1. The predicted octanol–water partition coefficient (Wildman–Crippen LogP) is 1.51. The van der Waals surface area contributed by atoms with E-state index in [9.17, 15) is 18.0 Å². The first-order valence-electron chi connectivity index (χ1n) is 11.5. The third-order valence-corrected chi connectivity index (χ3v) is 7.40. The summed E-state index contributed by atoms with van der Waals surface area (Å²) in [5, 5.41) is 14.7. The number of benzene rings is 2. The van der Waals surface area contributed by atoms with E-state index in [2.05, 4.69) is 10.6 Å². The molecule has 0 bridgehead atoms. The number of nitrogens with two attached hydrogens (primary N) is 1. The van der Waals surface area contributed by atoms with Gasteiger partial charge in [-0.2, -0.15) is 0 Å². The van der Waals surface area contributed by atoms with Crippen LogP contribution in [0.2, 0.25) is 0 Å². The lowest BCUT2D eigenvalue weighted by Gasteiger charge is -2.38. The second kappa shape index (κ2) is 12.3. The minimum absolute atomic E-state index is 0.134. The summed E-state index contributed by atoms with van der Waals surface area (Å²) in [5.74, 6) is -1.39. The summed E-state index contributed by atoms with van der Waals surface area (Å²) in [6, 6.07) is 14.6. The van der Waals surface area contributed by atoms with Gasteiger partial charge in [-0.05, 0) is 51.8 Å². The first kappa shape index (κ1) is 28.4. The lowest BCUT2D eigenvalue weighted by Crippen LogP contribution is -2.61. The molecule has 1 unspecified atom stereocenters. The number of nitrogens with one attached hydrogen (secondary N) is 2. The average molecular weight is 505 g/mol. The normalized spacial score (nSPS) is 17.0. The molecule has 3 rings (SSSR count). The molecule has 1 aliphatic rings. The number of carbonyl (C=O) groups excluding carboxylic acids is 1. The van der Waals surface area contributed by atoms with Gasteiger partial charge in [0.2, 0.25) is 0 Å². The summed E-state index contributed by atoms with van der Waals surface area (Å²) < 4.78 is 27.1. The van der Waals surface area contributed by atoms with Gasteiger partial charge in [0.25, 0.3) is 15.9 Å². The van der Waals surface area contributed by atoms with Crippen molar-refractivity contribution in [3.63, 3.8) is 0 Å². The number of sulfonamides is 1. The van der Waals surface area contributed by atoms with Gasteiger partial charge < -0.3 is 21.5 Å². The Bertz CT molecular complexity index is 1080. The average Bonchev–Trinajstić information content (AvgIpc) is 2.80. The molecule has 0 aliphatic carbocycles. The van der Waals surface area contributed by atoms with Crippen LogP contribution < -0.4 is 16.4 Å². The predicted molar refractivity (Wildman–Crippen MR) is 135 cm³/mol. The fourth-order valence-corrected chi connectivity index (χ4v) is 5.33. The van der Waals surface area contributed by atoms with Crippen molar-refractivity contribution in [3.05, 3.63) is 65.7 Å². The molecule has 10 heteroatoms. The van der Waals surface area contributed by atoms with Crippen LogP contribution in [0.25, 0.3) is 0 Å². The summed E-state index contributed by atoms with van der Waals surface area (Å²) >= 11 is 0. The Kier molecular flexibility index (Phi) is 9.96. The molecule has 2 atom stereocenters. The molecule has 35 heavy (non-hydrogen) atoms. The molecule has 192 valence electrons. The molecule has 1 heterocycles. The molecule has 2 aromatic rings. The number of rotatable bonds is 6. The van der Waals surface area contributed by atoms with Crippen LogP contribution in [0.5, 0.6) is 0 Å². The zero-order valence-electron chi connectivity index (χ0n) is 20.7. The van der Waals surface area contributed by atoms with Crippen molar-refractivity contribution in [1.82, 2.24) is 14.9 Å². The van der Waals surface area contributed by atoms with E-state index in [1.807, 2.05) is 37.3 Å². The van der Waals surface area contributed by atoms with Crippen molar-refractivity contribution in [2.45, 2.75) is 56.6 Å². The maximum Gasteiger partial charge on any atom is 0.320 e. The van der Waals surface area contributed by atoms with Crippen LogP contribution in [0.3, 0.4) is 0 Å². The number of carboxylic acid groups (broad SMARTS) is 1. The smallest absolute Gasteiger partial charge is 0.320 e. The van der Waals surface area contributed by atoms with Crippen LogP contribution in [0.4, 0.5) is 0 Å². The van der Waals surface area contributed by atoms with Crippen LogP contribution >= 0.6 is 0 Å². The SMILES string of the molecule is Cc1ccc(S(=O)(=O)N(C(=O)C2CNCCN2)C(C)(C)C)cc1.N[C@@H](Cc1ccccc1)C(=O)O. The lowest BCUT2D eigenvalue weighted by atomic mass is 10.1. The van der Waals surface area contributed by atoms with Crippen LogP contribution in [-0.2, 0) is 26.0 Å². The van der Waals surface area contributed by atoms with Gasteiger partial charge in [-0.1, -0.05) is 48.0 Å². The summed E-state index contributed by atoms with van der Waals surface area (Å²) in [6.45, 7) is 8.91. The number of amides is 1. The number of nitrogens with zero attached hydrogens (tertiary/aromatic N) is 1. The number of carbonyl (C=O) groups is 2. The van der Waals surface area contributed by atoms with Crippen molar-refractivity contribution in [3.8, 4) is 0 Å². The molecule has 0 aromatic heterocycles. The Hall–Kier alpha value is -2.79. The fraction of sp³-hybridized carbons (Fsp3) is 0.440. The number of piperazine rings is 1. The monoisotopic (exact) mass is 504 g/mol. The van der Waals surface area contributed by atoms with Gasteiger partial charge >= 0.3 is 5.97 Å². The van der Waals surface area contributed by atoms with Crippen LogP contribution in [-0.4, -0.2) is 67.0 Å². The van der Waals surface area contributed by atoms with Crippen molar-refractivity contribution in [2.75, 3.05) is 19.6 Å². The molecule has 2 aromatic carbocycles. The molecular weight excluding hydrogens is 468 g/mol. The fourth-order valence-electron chi connectivity index (χ4n) is 3.55. The minimum Gasteiger partial charge on any atom is -0.480 e. The summed E-state index contributed by atoms with van der Waals surface area (Å²) in [7, 11) is -3.91. The molecule has 0 spiro atoms. The highest BCUT2D eigenvalue weighted by Gasteiger charge is 2.41. The van der Waals surface area contributed by atoms with Crippen molar-refractivity contribution in [2.24, 2.45) is 5.73 Å². The third kappa shape index (κ3) is 8.14. The lowest BCUT2D eigenvalue weighted by molar-refractivity contribution is -0.138. The highest BCUT2D eigenvalue weighted by molar-refractivity contribution is 7.89. The van der Waals surface area contributed by atoms with Crippen LogP contribution in [0, 0.1) is 6.92 Å². The zero-order chi connectivity index (χ0) is 26.2. The molecule has 1 saturated heterocycles. The highest BCUT2D eigenvalue weighted by Crippen LogP contribution is 2.26. The summed E-state index contributed by atoms with van der Waals surface area (Å²) in [5.41, 5.74) is 6.42. The van der Waals surface area contributed by atoms with E-state index >= 15 is 0 Å². The zero-order valence-corrected chi connectivity index (χ0v) is 21.5. The Morgan fingerprint density at radius 3 is 2.17 bits per heavy atom. The van der Waals surface area contributed by atoms with Gasteiger partial charge in [0.1, 0.15) is 12.1 Å². The largest absolute Gasteiger partial charge is 0.480 e. The van der Waals surface area contributed by atoms with E-state index in [-0.39, 0.29) is 4.90 Å². The summed E-state index contributed by atoms with van der Waals surface area (Å²) in [6.07, 6.45) is 0.385. The second-order valence-corrected chi connectivity index (χ2v) is 11.2. The molecule has 1 amide bonds. The van der Waals surface area contributed by atoms with Crippen molar-refractivity contribution in [1.29, 1.82) is 0 Å². The van der Waals surface area contributed by atoms with Crippen LogP contribution in [0.1, 0.15) is 31.9 Å². The Balaban J connectivity index is 0.000000303. The Morgan fingerprint density at radius 1 is 1.09 bits per heavy atom. The molecular formula is C25H36N4O5S.